The molecule has 2 rings (SSSR count). The minimum atomic E-state index is -0.264. The van der Waals surface area contributed by atoms with Crippen LogP contribution in [0.4, 0.5) is 0 Å². The molecule has 0 radical (unpaired) electrons. The van der Waals surface area contributed by atoms with Crippen LogP contribution in [0.5, 0.6) is 0 Å². The molecule has 0 aromatic heterocycles. The van der Waals surface area contributed by atoms with Gasteiger partial charge in [0.2, 0.25) is 0 Å². The maximum Gasteiger partial charge on any atom is 0.143 e. The highest BCUT2D eigenvalue weighted by Gasteiger charge is 2.47. The molecule has 1 N–H and O–H groups in total. The van der Waals surface area contributed by atoms with Crippen LogP contribution in [0.1, 0.15) is 33.6 Å². The Morgan fingerprint density at radius 1 is 1.31 bits per heavy atom. The van der Waals surface area contributed by atoms with E-state index in [0.717, 1.165) is 26.0 Å². The van der Waals surface area contributed by atoms with Crippen molar-refractivity contribution in [1.82, 2.24) is 5.32 Å². The minimum absolute atomic E-state index is 0.0549. The van der Waals surface area contributed by atoms with Crippen molar-refractivity contribution in [3.63, 3.8) is 0 Å². The van der Waals surface area contributed by atoms with Crippen LogP contribution in [-0.2, 0) is 9.47 Å². The Hall–Kier alpha value is -0.120. The standard InChI is InChI=1S/C10H19NO2/c1-9(2)7-11-10(3,13-9)8-5-4-6-12-8/h8,11H,4-7H2,1-3H3. The van der Waals surface area contributed by atoms with E-state index in [-0.39, 0.29) is 17.4 Å². The molecule has 2 unspecified atom stereocenters. The highest BCUT2D eigenvalue weighted by molar-refractivity contribution is 4.95. The van der Waals surface area contributed by atoms with Gasteiger partial charge in [0.15, 0.2) is 0 Å². The van der Waals surface area contributed by atoms with Gasteiger partial charge in [0.25, 0.3) is 0 Å². The lowest BCUT2D eigenvalue weighted by atomic mass is 10.1. The Kier molecular flexibility index (Phi) is 2.13. The molecule has 2 aliphatic heterocycles. The first kappa shape index (κ1) is 9.44. The molecule has 2 heterocycles. The molecule has 2 saturated heterocycles. The van der Waals surface area contributed by atoms with Crippen molar-refractivity contribution in [1.29, 1.82) is 0 Å². The molecule has 0 saturated carbocycles. The van der Waals surface area contributed by atoms with Crippen molar-refractivity contribution in [3.05, 3.63) is 0 Å². The number of hydrogen-bond donors (Lipinski definition) is 1. The predicted molar refractivity (Wildman–Crippen MR) is 50.5 cm³/mol. The highest BCUT2D eigenvalue weighted by Crippen LogP contribution is 2.33. The third kappa shape index (κ3) is 1.73. The highest BCUT2D eigenvalue weighted by atomic mass is 16.6. The van der Waals surface area contributed by atoms with Crippen LogP contribution in [0, 0.1) is 0 Å². The number of rotatable bonds is 1. The molecule has 0 aliphatic carbocycles. The third-order valence-corrected chi connectivity index (χ3v) is 2.90. The maximum atomic E-state index is 5.98. The average Bonchev–Trinajstić information content (AvgIpc) is 2.58. The Balaban J connectivity index is 2.05. The zero-order valence-corrected chi connectivity index (χ0v) is 8.72. The van der Waals surface area contributed by atoms with Gasteiger partial charge in [0, 0.05) is 13.2 Å². The topological polar surface area (TPSA) is 30.5 Å². The molecule has 3 nitrogen and oxygen atoms in total. The van der Waals surface area contributed by atoms with Crippen LogP contribution < -0.4 is 5.32 Å². The van der Waals surface area contributed by atoms with E-state index in [9.17, 15) is 0 Å². The van der Waals surface area contributed by atoms with E-state index >= 15 is 0 Å². The van der Waals surface area contributed by atoms with E-state index in [0.29, 0.717) is 0 Å². The Bertz CT molecular complexity index is 199. The summed E-state index contributed by atoms with van der Waals surface area (Å²) in [7, 11) is 0. The second-order valence-corrected chi connectivity index (χ2v) is 4.82. The van der Waals surface area contributed by atoms with E-state index in [1.54, 1.807) is 0 Å². The van der Waals surface area contributed by atoms with Gasteiger partial charge in [-0.15, -0.1) is 0 Å². The van der Waals surface area contributed by atoms with E-state index < -0.39 is 0 Å². The molecule has 76 valence electrons. The molecule has 2 aliphatic rings. The number of nitrogens with one attached hydrogen (secondary N) is 1. The van der Waals surface area contributed by atoms with Crippen molar-refractivity contribution in [2.24, 2.45) is 0 Å². The van der Waals surface area contributed by atoms with Crippen molar-refractivity contribution in [2.75, 3.05) is 13.2 Å². The number of ether oxygens (including phenoxy) is 2. The van der Waals surface area contributed by atoms with Gasteiger partial charge in [-0.25, -0.2) is 0 Å². The van der Waals surface area contributed by atoms with Crippen molar-refractivity contribution in [2.45, 2.75) is 51.0 Å². The first-order chi connectivity index (χ1) is 6.02. The normalized spacial score (nSPS) is 44.1. The summed E-state index contributed by atoms with van der Waals surface area (Å²) in [5.74, 6) is 0. The van der Waals surface area contributed by atoms with Crippen LogP contribution in [0.15, 0.2) is 0 Å². The van der Waals surface area contributed by atoms with Crippen LogP contribution in [-0.4, -0.2) is 30.6 Å². The fraction of sp³-hybridized carbons (Fsp3) is 1.00. The van der Waals surface area contributed by atoms with Crippen LogP contribution in [0.2, 0.25) is 0 Å². The van der Waals surface area contributed by atoms with E-state index in [1.807, 2.05) is 0 Å². The maximum absolute atomic E-state index is 5.98. The summed E-state index contributed by atoms with van der Waals surface area (Å²) < 4.78 is 11.6. The first-order valence-corrected chi connectivity index (χ1v) is 5.09. The molecule has 0 spiro atoms. The Morgan fingerprint density at radius 3 is 2.54 bits per heavy atom. The molecule has 3 heteroatoms. The largest absolute Gasteiger partial charge is 0.374 e. The summed E-state index contributed by atoms with van der Waals surface area (Å²) in [6.45, 7) is 8.10. The predicted octanol–water partition coefficient (Wildman–Crippen LogP) is 1.28. The summed E-state index contributed by atoms with van der Waals surface area (Å²) in [5.41, 5.74) is -0.319. The summed E-state index contributed by atoms with van der Waals surface area (Å²) >= 11 is 0. The van der Waals surface area contributed by atoms with Gasteiger partial charge in [0.1, 0.15) is 5.72 Å². The second kappa shape index (κ2) is 2.94. The lowest BCUT2D eigenvalue weighted by Crippen LogP contribution is -2.48. The SMILES string of the molecule is CC1(C)CNC(C)(C2CCCO2)O1. The number of hydrogen-bond acceptors (Lipinski definition) is 3. The Morgan fingerprint density at radius 2 is 2.08 bits per heavy atom. The van der Waals surface area contributed by atoms with Crippen LogP contribution >= 0.6 is 0 Å². The van der Waals surface area contributed by atoms with Crippen molar-refractivity contribution < 1.29 is 9.47 Å². The third-order valence-electron chi connectivity index (χ3n) is 2.90. The van der Waals surface area contributed by atoms with Gasteiger partial charge in [-0.1, -0.05) is 0 Å². The fourth-order valence-corrected chi connectivity index (χ4v) is 2.23. The molecular weight excluding hydrogens is 166 g/mol. The summed E-state index contributed by atoms with van der Waals surface area (Å²) in [4.78, 5) is 0. The van der Waals surface area contributed by atoms with Crippen molar-refractivity contribution >= 4 is 0 Å². The lowest BCUT2D eigenvalue weighted by Gasteiger charge is -2.32. The lowest BCUT2D eigenvalue weighted by molar-refractivity contribution is -0.144. The van der Waals surface area contributed by atoms with Gasteiger partial charge < -0.3 is 9.47 Å². The molecule has 0 aromatic carbocycles. The monoisotopic (exact) mass is 185 g/mol. The second-order valence-electron chi connectivity index (χ2n) is 4.82. The van der Waals surface area contributed by atoms with Gasteiger partial charge >= 0.3 is 0 Å². The summed E-state index contributed by atoms with van der Waals surface area (Å²) in [6, 6.07) is 0. The molecule has 0 amide bonds. The van der Waals surface area contributed by atoms with E-state index in [1.165, 1.54) is 0 Å². The fourth-order valence-electron chi connectivity index (χ4n) is 2.23. The molecule has 0 bridgehead atoms. The summed E-state index contributed by atoms with van der Waals surface area (Å²) in [6.07, 6.45) is 2.50. The van der Waals surface area contributed by atoms with Crippen LogP contribution in [0.3, 0.4) is 0 Å². The zero-order chi connectivity index (χ0) is 9.53. The smallest absolute Gasteiger partial charge is 0.143 e. The minimum Gasteiger partial charge on any atom is -0.374 e. The van der Waals surface area contributed by atoms with E-state index in [2.05, 4.69) is 26.1 Å². The van der Waals surface area contributed by atoms with E-state index in [4.69, 9.17) is 9.47 Å². The molecule has 2 atom stereocenters. The van der Waals surface area contributed by atoms with Gasteiger partial charge in [0.05, 0.1) is 11.7 Å². The van der Waals surface area contributed by atoms with Crippen molar-refractivity contribution in [3.8, 4) is 0 Å². The molecule has 0 aromatic rings. The quantitative estimate of drug-likeness (QED) is 0.667. The van der Waals surface area contributed by atoms with Gasteiger partial charge in [-0.3, -0.25) is 5.32 Å². The first-order valence-electron chi connectivity index (χ1n) is 5.09. The molecule has 13 heavy (non-hydrogen) atoms. The summed E-state index contributed by atoms with van der Waals surface area (Å²) in [5, 5.41) is 3.42. The molecular formula is C10H19NO2. The Labute approximate surface area is 79.8 Å². The van der Waals surface area contributed by atoms with Gasteiger partial charge in [-0.2, -0.15) is 0 Å². The zero-order valence-electron chi connectivity index (χ0n) is 8.72. The molecule has 2 fully saturated rings. The van der Waals surface area contributed by atoms with Crippen LogP contribution in [0.25, 0.3) is 0 Å². The van der Waals surface area contributed by atoms with Gasteiger partial charge in [-0.05, 0) is 33.6 Å². The average molecular weight is 185 g/mol.